The lowest BCUT2D eigenvalue weighted by Crippen LogP contribution is -2.51. The van der Waals surface area contributed by atoms with Crippen molar-refractivity contribution in [3.63, 3.8) is 0 Å². The van der Waals surface area contributed by atoms with Gasteiger partial charge in [-0.05, 0) is 54.8 Å². The summed E-state index contributed by atoms with van der Waals surface area (Å²) in [5.41, 5.74) is 5.67. The van der Waals surface area contributed by atoms with Crippen molar-refractivity contribution in [3.05, 3.63) is 72.8 Å². The highest BCUT2D eigenvalue weighted by Crippen LogP contribution is 2.22. The molecule has 0 aliphatic carbocycles. The van der Waals surface area contributed by atoms with Gasteiger partial charge in [0, 0.05) is 24.7 Å². The molecule has 1 aliphatic heterocycles. The summed E-state index contributed by atoms with van der Waals surface area (Å²) >= 11 is 0. The van der Waals surface area contributed by atoms with Crippen LogP contribution in [0.5, 0.6) is 5.75 Å². The molecule has 0 aromatic heterocycles. The molecule has 4 amide bonds. The smallest absolute Gasteiger partial charge is 0.321 e. The maximum absolute atomic E-state index is 12.5. The van der Waals surface area contributed by atoms with Gasteiger partial charge in [0.15, 0.2) is 6.10 Å². The molecule has 176 valence electrons. The molecule has 1 atom stereocenters. The number of carbonyl (C=O) groups excluding carboxylic acids is 3. The average Bonchev–Trinajstić information content (AvgIpc) is 2.87. The van der Waals surface area contributed by atoms with Crippen LogP contribution in [-0.2, 0) is 9.59 Å². The zero-order valence-electron chi connectivity index (χ0n) is 19.0. The Morgan fingerprint density at radius 3 is 2.29 bits per heavy atom. The highest BCUT2D eigenvalue weighted by molar-refractivity contribution is 5.90. The van der Waals surface area contributed by atoms with E-state index in [-0.39, 0.29) is 17.9 Å². The molecular weight excluding hydrogens is 432 g/mol. The number of anilines is 1. The molecule has 1 fully saturated rings. The van der Waals surface area contributed by atoms with Crippen molar-refractivity contribution in [3.8, 4) is 5.75 Å². The minimum Gasteiger partial charge on any atom is -0.481 e. The van der Waals surface area contributed by atoms with Crippen LogP contribution in [0.2, 0.25) is 0 Å². The van der Waals surface area contributed by atoms with Gasteiger partial charge in [-0.15, -0.1) is 0 Å². The third-order valence-corrected chi connectivity index (χ3v) is 5.89. The maximum Gasteiger partial charge on any atom is 0.321 e. The van der Waals surface area contributed by atoms with Crippen LogP contribution in [0.1, 0.15) is 19.8 Å². The van der Waals surface area contributed by atoms with E-state index in [9.17, 15) is 14.4 Å². The van der Waals surface area contributed by atoms with Gasteiger partial charge in [-0.1, -0.05) is 48.5 Å². The van der Waals surface area contributed by atoms with Crippen LogP contribution in [0.3, 0.4) is 0 Å². The lowest BCUT2D eigenvalue weighted by atomic mass is 9.96. The SMILES string of the molecule is C[C@H](Oc1ccc2ccccc2c1)C(=O)NNC(=O)C1CCN(C(=O)Nc2ccccc2)CC1. The van der Waals surface area contributed by atoms with Gasteiger partial charge in [0.05, 0.1) is 0 Å². The minimum absolute atomic E-state index is 0.182. The van der Waals surface area contributed by atoms with Crippen LogP contribution in [-0.4, -0.2) is 41.9 Å². The fraction of sp³-hybridized carbons (Fsp3) is 0.269. The Hall–Kier alpha value is -4.07. The number of nitrogens with one attached hydrogen (secondary N) is 3. The largest absolute Gasteiger partial charge is 0.481 e. The number of piperidine rings is 1. The van der Waals surface area contributed by atoms with Gasteiger partial charge in [0.1, 0.15) is 5.75 Å². The van der Waals surface area contributed by atoms with E-state index >= 15 is 0 Å². The average molecular weight is 461 g/mol. The van der Waals surface area contributed by atoms with Crippen molar-refractivity contribution in [2.24, 2.45) is 5.92 Å². The van der Waals surface area contributed by atoms with E-state index in [1.807, 2.05) is 72.8 Å². The van der Waals surface area contributed by atoms with Crippen LogP contribution in [0, 0.1) is 5.92 Å². The Kier molecular flexibility index (Phi) is 7.27. The van der Waals surface area contributed by atoms with Crippen LogP contribution in [0.15, 0.2) is 72.8 Å². The predicted molar refractivity (Wildman–Crippen MR) is 130 cm³/mol. The lowest BCUT2D eigenvalue weighted by Gasteiger charge is -2.31. The predicted octanol–water partition coefficient (Wildman–Crippen LogP) is 3.70. The first-order chi connectivity index (χ1) is 16.5. The zero-order valence-corrected chi connectivity index (χ0v) is 19.0. The van der Waals surface area contributed by atoms with E-state index in [0.717, 1.165) is 16.5 Å². The first-order valence-electron chi connectivity index (χ1n) is 11.4. The summed E-state index contributed by atoms with van der Waals surface area (Å²) in [4.78, 5) is 39.0. The van der Waals surface area contributed by atoms with Crippen LogP contribution in [0.4, 0.5) is 10.5 Å². The second-order valence-electron chi connectivity index (χ2n) is 8.31. The topological polar surface area (TPSA) is 99.8 Å². The van der Waals surface area contributed by atoms with E-state index < -0.39 is 12.0 Å². The van der Waals surface area contributed by atoms with Crippen molar-refractivity contribution in [1.82, 2.24) is 15.8 Å². The second-order valence-corrected chi connectivity index (χ2v) is 8.31. The maximum atomic E-state index is 12.5. The molecule has 34 heavy (non-hydrogen) atoms. The number of urea groups is 1. The fourth-order valence-corrected chi connectivity index (χ4v) is 3.89. The minimum atomic E-state index is -0.787. The molecule has 0 unspecified atom stereocenters. The van der Waals surface area contributed by atoms with Crippen molar-refractivity contribution in [2.75, 3.05) is 18.4 Å². The summed E-state index contributed by atoms with van der Waals surface area (Å²) in [6.45, 7) is 2.55. The van der Waals surface area contributed by atoms with E-state index in [1.54, 1.807) is 11.8 Å². The van der Waals surface area contributed by atoms with Crippen molar-refractivity contribution >= 4 is 34.3 Å². The standard InChI is InChI=1S/C26H28N4O4/c1-18(34-23-12-11-19-7-5-6-8-21(19)17-23)24(31)28-29-25(32)20-13-15-30(16-14-20)26(33)27-22-9-3-2-4-10-22/h2-12,17-18,20H,13-16H2,1H3,(H,27,33)(H,28,31)(H,29,32)/t18-/m0/s1. The number of rotatable bonds is 5. The Labute approximate surface area is 198 Å². The first-order valence-corrected chi connectivity index (χ1v) is 11.4. The Morgan fingerprint density at radius 2 is 1.56 bits per heavy atom. The molecule has 0 saturated carbocycles. The van der Waals surface area contributed by atoms with Gasteiger partial charge in [0.25, 0.3) is 5.91 Å². The highest BCUT2D eigenvalue weighted by Gasteiger charge is 2.28. The van der Waals surface area contributed by atoms with Crippen LogP contribution < -0.4 is 20.9 Å². The molecule has 8 heteroatoms. The van der Waals surface area contributed by atoms with E-state index in [1.165, 1.54) is 0 Å². The molecule has 0 spiro atoms. The molecule has 3 N–H and O–H groups in total. The number of hydrogen-bond acceptors (Lipinski definition) is 4. The van der Waals surface area contributed by atoms with E-state index in [2.05, 4.69) is 16.2 Å². The van der Waals surface area contributed by atoms with Gasteiger partial charge in [-0.3, -0.25) is 20.4 Å². The molecule has 0 radical (unpaired) electrons. The van der Waals surface area contributed by atoms with Gasteiger partial charge in [-0.25, -0.2) is 4.79 Å². The number of para-hydroxylation sites is 1. The second kappa shape index (κ2) is 10.7. The number of benzene rings is 3. The monoisotopic (exact) mass is 460 g/mol. The summed E-state index contributed by atoms with van der Waals surface area (Å²) in [5.74, 6) is -0.415. The summed E-state index contributed by atoms with van der Waals surface area (Å²) in [7, 11) is 0. The fourth-order valence-electron chi connectivity index (χ4n) is 3.89. The molecule has 3 aromatic carbocycles. The molecule has 1 aliphatic rings. The summed E-state index contributed by atoms with van der Waals surface area (Å²) in [6, 6.07) is 22.6. The normalized spacial score (nSPS) is 14.8. The number of ether oxygens (including phenoxy) is 1. The zero-order chi connectivity index (χ0) is 23.9. The quantitative estimate of drug-likeness (QED) is 0.506. The number of fused-ring (bicyclic) bond motifs is 1. The first kappa shape index (κ1) is 23.1. The van der Waals surface area contributed by atoms with E-state index in [4.69, 9.17) is 4.74 Å². The summed E-state index contributed by atoms with van der Waals surface area (Å²) in [6.07, 6.45) is 0.255. The molecule has 1 heterocycles. The number of nitrogens with zero attached hydrogens (tertiary/aromatic N) is 1. The highest BCUT2D eigenvalue weighted by atomic mass is 16.5. The third-order valence-electron chi connectivity index (χ3n) is 5.89. The molecule has 3 aromatic rings. The van der Waals surface area contributed by atoms with E-state index in [0.29, 0.717) is 31.7 Å². The van der Waals surface area contributed by atoms with Crippen molar-refractivity contribution < 1.29 is 19.1 Å². The Bertz CT molecular complexity index is 1160. The molecule has 8 nitrogen and oxygen atoms in total. The summed E-state index contributed by atoms with van der Waals surface area (Å²) in [5, 5.41) is 4.96. The number of hydrogen-bond donors (Lipinski definition) is 3. The van der Waals surface area contributed by atoms with Crippen molar-refractivity contribution in [1.29, 1.82) is 0 Å². The molecule has 0 bridgehead atoms. The number of carbonyl (C=O) groups is 3. The van der Waals surface area contributed by atoms with Gasteiger partial charge < -0.3 is 15.0 Å². The van der Waals surface area contributed by atoms with Gasteiger partial charge in [0.2, 0.25) is 5.91 Å². The van der Waals surface area contributed by atoms with Crippen molar-refractivity contribution in [2.45, 2.75) is 25.9 Å². The number of hydrazine groups is 1. The number of amides is 4. The Morgan fingerprint density at radius 1 is 0.882 bits per heavy atom. The third kappa shape index (κ3) is 5.83. The van der Waals surface area contributed by atoms with Gasteiger partial charge >= 0.3 is 6.03 Å². The Balaban J connectivity index is 1.20. The van der Waals surface area contributed by atoms with Crippen LogP contribution in [0.25, 0.3) is 10.8 Å². The molecule has 4 rings (SSSR count). The molecular formula is C26H28N4O4. The lowest BCUT2D eigenvalue weighted by molar-refractivity contribution is -0.134. The summed E-state index contributed by atoms with van der Waals surface area (Å²) < 4.78 is 5.74. The molecule has 1 saturated heterocycles. The van der Waals surface area contributed by atoms with Crippen LogP contribution >= 0.6 is 0 Å². The number of likely N-dealkylation sites (tertiary alicyclic amines) is 1. The van der Waals surface area contributed by atoms with Gasteiger partial charge in [-0.2, -0.15) is 0 Å².